The molecule has 0 bridgehead atoms. The van der Waals surface area contributed by atoms with Crippen LogP contribution in [0.15, 0.2) is 29.2 Å². The average molecular weight is 209 g/mol. The molecule has 0 spiro atoms. The summed E-state index contributed by atoms with van der Waals surface area (Å²) in [4.78, 5) is 12.1. The highest BCUT2D eigenvalue weighted by atomic mass is 32.2. The second-order valence-corrected chi connectivity index (χ2v) is 4.51. The predicted molar refractivity (Wildman–Crippen MR) is 55.3 cm³/mol. The van der Waals surface area contributed by atoms with Gasteiger partial charge in [-0.1, -0.05) is 18.2 Å². The SMILES string of the molecule is NC1(C(=O)O)CCSc2ccccc21. The molecule has 3 N–H and O–H groups in total. The van der Waals surface area contributed by atoms with Crippen LogP contribution in [0.3, 0.4) is 0 Å². The maximum Gasteiger partial charge on any atom is 0.328 e. The Morgan fingerprint density at radius 3 is 2.93 bits per heavy atom. The summed E-state index contributed by atoms with van der Waals surface area (Å²) < 4.78 is 0. The Labute approximate surface area is 86.3 Å². The first-order valence-electron chi connectivity index (χ1n) is 4.39. The smallest absolute Gasteiger partial charge is 0.328 e. The minimum atomic E-state index is -1.19. The molecule has 1 aliphatic heterocycles. The number of benzene rings is 1. The Balaban J connectivity index is 2.55. The van der Waals surface area contributed by atoms with E-state index in [0.29, 0.717) is 6.42 Å². The van der Waals surface area contributed by atoms with E-state index in [4.69, 9.17) is 10.8 Å². The summed E-state index contributed by atoms with van der Waals surface area (Å²) in [5.74, 6) is -0.176. The van der Waals surface area contributed by atoms with Gasteiger partial charge in [-0.05, 0) is 18.1 Å². The Morgan fingerprint density at radius 1 is 1.50 bits per heavy atom. The van der Waals surface area contributed by atoms with Crippen LogP contribution in [0.5, 0.6) is 0 Å². The van der Waals surface area contributed by atoms with E-state index in [-0.39, 0.29) is 0 Å². The molecular formula is C10H11NO2S. The van der Waals surface area contributed by atoms with Gasteiger partial charge < -0.3 is 10.8 Å². The number of carbonyl (C=O) groups is 1. The lowest BCUT2D eigenvalue weighted by Crippen LogP contribution is -2.47. The third kappa shape index (κ3) is 1.31. The molecular weight excluding hydrogens is 198 g/mol. The Kier molecular flexibility index (Phi) is 2.25. The summed E-state index contributed by atoms with van der Waals surface area (Å²) in [5.41, 5.74) is 5.45. The average Bonchev–Trinajstić information content (AvgIpc) is 2.18. The summed E-state index contributed by atoms with van der Waals surface area (Å²) in [5, 5.41) is 9.11. The van der Waals surface area contributed by atoms with Crippen molar-refractivity contribution in [2.24, 2.45) is 5.73 Å². The molecule has 0 aliphatic carbocycles. The summed E-state index contributed by atoms with van der Waals surface area (Å²) in [6, 6.07) is 7.45. The highest BCUT2D eigenvalue weighted by molar-refractivity contribution is 7.99. The molecule has 74 valence electrons. The number of hydrogen-bond acceptors (Lipinski definition) is 3. The van der Waals surface area contributed by atoms with E-state index in [9.17, 15) is 4.79 Å². The van der Waals surface area contributed by atoms with E-state index < -0.39 is 11.5 Å². The molecule has 4 heteroatoms. The molecule has 3 nitrogen and oxygen atoms in total. The Hall–Kier alpha value is -1.00. The van der Waals surface area contributed by atoms with Crippen molar-refractivity contribution in [1.29, 1.82) is 0 Å². The van der Waals surface area contributed by atoms with Gasteiger partial charge in [0.25, 0.3) is 0 Å². The lowest BCUT2D eigenvalue weighted by Gasteiger charge is -2.31. The molecule has 1 heterocycles. The maximum atomic E-state index is 11.1. The van der Waals surface area contributed by atoms with Gasteiger partial charge in [0.1, 0.15) is 5.54 Å². The lowest BCUT2D eigenvalue weighted by molar-refractivity contribution is -0.144. The zero-order chi connectivity index (χ0) is 10.2. The first-order chi connectivity index (χ1) is 6.64. The fourth-order valence-electron chi connectivity index (χ4n) is 1.64. The number of thioether (sulfide) groups is 1. The topological polar surface area (TPSA) is 63.3 Å². The standard InChI is InChI=1S/C10H11NO2S/c11-10(9(12)13)5-6-14-8-4-2-1-3-7(8)10/h1-4H,5-6,11H2,(H,12,13). The minimum Gasteiger partial charge on any atom is -0.480 e. The van der Waals surface area contributed by atoms with Crippen molar-refractivity contribution < 1.29 is 9.90 Å². The molecule has 14 heavy (non-hydrogen) atoms. The number of fused-ring (bicyclic) bond motifs is 1. The van der Waals surface area contributed by atoms with Gasteiger partial charge in [0.2, 0.25) is 0 Å². The zero-order valence-corrected chi connectivity index (χ0v) is 8.38. The van der Waals surface area contributed by atoms with E-state index in [0.717, 1.165) is 16.2 Å². The van der Waals surface area contributed by atoms with Gasteiger partial charge in [-0.25, -0.2) is 4.79 Å². The van der Waals surface area contributed by atoms with Crippen molar-refractivity contribution in [1.82, 2.24) is 0 Å². The van der Waals surface area contributed by atoms with Gasteiger partial charge in [0.15, 0.2) is 0 Å². The summed E-state index contributed by atoms with van der Waals surface area (Å²) >= 11 is 1.67. The molecule has 1 aromatic rings. The van der Waals surface area contributed by atoms with Gasteiger partial charge in [-0.3, -0.25) is 0 Å². The molecule has 0 saturated heterocycles. The molecule has 0 fully saturated rings. The quantitative estimate of drug-likeness (QED) is 0.734. The monoisotopic (exact) mass is 209 g/mol. The van der Waals surface area contributed by atoms with Crippen LogP contribution < -0.4 is 5.73 Å². The van der Waals surface area contributed by atoms with Gasteiger partial charge in [-0.2, -0.15) is 0 Å². The molecule has 0 aromatic heterocycles. The first kappa shape index (κ1) is 9.55. The Bertz CT molecular complexity index is 380. The summed E-state index contributed by atoms with van der Waals surface area (Å²) in [6.45, 7) is 0. The number of hydrogen-bond donors (Lipinski definition) is 2. The first-order valence-corrected chi connectivity index (χ1v) is 5.38. The molecule has 0 radical (unpaired) electrons. The molecule has 1 aliphatic rings. The summed E-state index contributed by atoms with van der Waals surface area (Å²) in [7, 11) is 0. The van der Waals surface area contributed by atoms with Crippen molar-refractivity contribution in [2.75, 3.05) is 5.75 Å². The predicted octanol–water partition coefficient (Wildman–Crippen LogP) is 1.42. The maximum absolute atomic E-state index is 11.1. The fourth-order valence-corrected chi connectivity index (χ4v) is 2.86. The number of aliphatic carboxylic acids is 1. The van der Waals surface area contributed by atoms with Crippen LogP contribution in [-0.4, -0.2) is 16.8 Å². The highest BCUT2D eigenvalue weighted by Crippen LogP contribution is 2.38. The van der Waals surface area contributed by atoms with Crippen LogP contribution in [0.1, 0.15) is 12.0 Å². The van der Waals surface area contributed by atoms with E-state index >= 15 is 0 Å². The molecule has 1 aromatic carbocycles. The van der Waals surface area contributed by atoms with Crippen LogP contribution in [-0.2, 0) is 10.3 Å². The minimum absolute atomic E-state index is 0.490. The molecule has 1 atom stereocenters. The molecule has 2 rings (SSSR count). The van der Waals surface area contributed by atoms with Crippen molar-refractivity contribution in [3.05, 3.63) is 29.8 Å². The molecule has 1 unspecified atom stereocenters. The number of carboxylic acid groups (broad SMARTS) is 1. The van der Waals surface area contributed by atoms with Crippen LogP contribution in [0, 0.1) is 0 Å². The normalized spacial score (nSPS) is 25.5. The second kappa shape index (κ2) is 3.29. The van der Waals surface area contributed by atoms with Crippen molar-refractivity contribution in [3.63, 3.8) is 0 Å². The second-order valence-electron chi connectivity index (χ2n) is 3.37. The van der Waals surface area contributed by atoms with Gasteiger partial charge in [0, 0.05) is 10.6 Å². The van der Waals surface area contributed by atoms with Crippen LogP contribution >= 0.6 is 11.8 Å². The van der Waals surface area contributed by atoms with Crippen molar-refractivity contribution in [2.45, 2.75) is 16.9 Å². The van der Waals surface area contributed by atoms with Crippen LogP contribution in [0.25, 0.3) is 0 Å². The van der Waals surface area contributed by atoms with Crippen molar-refractivity contribution >= 4 is 17.7 Å². The number of rotatable bonds is 1. The number of carboxylic acids is 1. The molecule has 0 amide bonds. The van der Waals surface area contributed by atoms with E-state index in [2.05, 4.69) is 0 Å². The lowest BCUT2D eigenvalue weighted by atomic mass is 9.88. The largest absolute Gasteiger partial charge is 0.480 e. The van der Waals surface area contributed by atoms with Gasteiger partial charge >= 0.3 is 5.97 Å². The molecule has 0 saturated carbocycles. The van der Waals surface area contributed by atoms with E-state index in [1.165, 1.54) is 0 Å². The zero-order valence-electron chi connectivity index (χ0n) is 7.56. The van der Waals surface area contributed by atoms with Crippen LogP contribution in [0.4, 0.5) is 0 Å². The fraction of sp³-hybridized carbons (Fsp3) is 0.300. The van der Waals surface area contributed by atoms with Gasteiger partial charge in [0.05, 0.1) is 0 Å². The summed E-state index contributed by atoms with van der Waals surface area (Å²) in [6.07, 6.45) is 0.490. The number of nitrogens with two attached hydrogens (primary N) is 1. The van der Waals surface area contributed by atoms with Crippen LogP contribution in [0.2, 0.25) is 0 Å². The Morgan fingerprint density at radius 2 is 2.21 bits per heavy atom. The van der Waals surface area contributed by atoms with Gasteiger partial charge in [-0.15, -0.1) is 11.8 Å². The third-order valence-corrected chi connectivity index (χ3v) is 3.58. The highest BCUT2D eigenvalue weighted by Gasteiger charge is 2.39. The van der Waals surface area contributed by atoms with Crippen molar-refractivity contribution in [3.8, 4) is 0 Å². The van der Waals surface area contributed by atoms with E-state index in [1.807, 2.05) is 18.2 Å². The van der Waals surface area contributed by atoms with E-state index in [1.54, 1.807) is 17.8 Å². The third-order valence-electron chi connectivity index (χ3n) is 2.50.